The summed E-state index contributed by atoms with van der Waals surface area (Å²) < 4.78 is 0. The van der Waals surface area contributed by atoms with Gasteiger partial charge in [0.15, 0.2) is 0 Å². The zero-order chi connectivity index (χ0) is 27.3. The average molecular weight is 523 g/mol. The van der Waals surface area contributed by atoms with Crippen molar-refractivity contribution < 1.29 is 0 Å². The van der Waals surface area contributed by atoms with Crippen molar-refractivity contribution in [2.24, 2.45) is 0 Å². The predicted octanol–water partition coefficient (Wildman–Crippen LogP) is 8.94. The van der Waals surface area contributed by atoms with E-state index in [0.717, 1.165) is 0 Å². The molecule has 0 nitrogen and oxygen atoms in total. The number of rotatable bonds is 2. The Kier molecular flexibility index (Phi) is 4.60. The van der Waals surface area contributed by atoms with E-state index in [4.69, 9.17) is 0 Å². The minimum atomic E-state index is -0.0233. The highest BCUT2D eigenvalue weighted by molar-refractivity contribution is 5.96. The van der Waals surface area contributed by atoms with E-state index in [1.807, 2.05) is 0 Å². The molecule has 9 rings (SSSR count). The molecule has 0 heteroatoms. The molecule has 3 aliphatic carbocycles. The van der Waals surface area contributed by atoms with Crippen LogP contribution >= 0.6 is 0 Å². The summed E-state index contributed by atoms with van der Waals surface area (Å²) in [6.07, 6.45) is 5.08. The molecule has 6 aromatic carbocycles. The lowest BCUT2D eigenvalue weighted by molar-refractivity contribution is 0.660. The number of hydrogen-bond donors (Lipinski definition) is 0. The lowest BCUT2D eigenvalue weighted by Gasteiger charge is -2.23. The van der Waals surface area contributed by atoms with E-state index in [-0.39, 0.29) is 5.41 Å². The highest BCUT2D eigenvalue weighted by atomic mass is 14.4. The van der Waals surface area contributed by atoms with E-state index in [0.29, 0.717) is 11.8 Å². The fourth-order valence-corrected chi connectivity index (χ4v) is 8.01. The predicted molar refractivity (Wildman–Crippen MR) is 172 cm³/mol. The van der Waals surface area contributed by atoms with Crippen LogP contribution in [0.2, 0.25) is 0 Å². The van der Waals surface area contributed by atoms with Gasteiger partial charge in [0, 0.05) is 17.3 Å². The van der Waals surface area contributed by atoms with Gasteiger partial charge in [-0.3, -0.25) is 0 Å². The van der Waals surface area contributed by atoms with Gasteiger partial charge in [0.2, 0.25) is 0 Å². The number of fused-ring (bicyclic) bond motifs is 7. The van der Waals surface area contributed by atoms with Crippen molar-refractivity contribution in [3.05, 3.63) is 154 Å². The maximum Gasteiger partial charge on any atom is 0.0159 e. The minimum absolute atomic E-state index is 0.0233. The first-order valence-electron chi connectivity index (χ1n) is 14.8. The van der Waals surface area contributed by atoms with Crippen LogP contribution in [0.4, 0.5) is 0 Å². The first-order valence-corrected chi connectivity index (χ1v) is 14.8. The van der Waals surface area contributed by atoms with Crippen LogP contribution in [-0.2, 0) is 5.41 Å². The van der Waals surface area contributed by atoms with Crippen molar-refractivity contribution in [2.75, 3.05) is 0 Å². The molecule has 41 heavy (non-hydrogen) atoms. The molecular formula is C41H30. The Morgan fingerprint density at radius 1 is 0.463 bits per heavy atom. The Morgan fingerprint density at radius 3 is 1.78 bits per heavy atom. The van der Waals surface area contributed by atoms with E-state index in [9.17, 15) is 0 Å². The van der Waals surface area contributed by atoms with Gasteiger partial charge in [-0.05, 0) is 95.0 Å². The summed E-state index contributed by atoms with van der Waals surface area (Å²) in [4.78, 5) is 0. The monoisotopic (exact) mass is 522 g/mol. The summed E-state index contributed by atoms with van der Waals surface area (Å²) in [5.41, 5.74) is 13.7. The molecule has 0 aliphatic heterocycles. The van der Waals surface area contributed by atoms with Gasteiger partial charge in [-0.25, -0.2) is 0 Å². The quantitative estimate of drug-likeness (QED) is 0.213. The lowest BCUT2D eigenvalue weighted by atomic mass is 9.80. The molecular weight excluding hydrogens is 492 g/mol. The summed E-state index contributed by atoms with van der Waals surface area (Å²) in [7, 11) is 0. The molecule has 0 spiro atoms. The molecule has 6 aromatic rings. The van der Waals surface area contributed by atoms with Gasteiger partial charge in [-0.1, -0.05) is 129 Å². The third kappa shape index (κ3) is 3.16. The fourth-order valence-electron chi connectivity index (χ4n) is 8.01. The van der Waals surface area contributed by atoms with Gasteiger partial charge >= 0.3 is 0 Å². The Hall–Kier alpha value is -4.68. The van der Waals surface area contributed by atoms with E-state index in [2.05, 4.69) is 147 Å². The summed E-state index contributed by atoms with van der Waals surface area (Å²) >= 11 is 0. The SMILES string of the molecule is CC1(C)c2ccccc2-c2ccc(-c3cc4c(cc3-c3ccccc3)=CC3c5cccc6cccc(c56)C3C=4)cc21. The molecule has 3 aliphatic rings. The standard InChI is InChI=1S/C41H30/c1-41(2)38-17-7-6-14-30(38)31-19-18-27(24-39(31)41)35-21-29-23-37-33-16-9-13-26-12-8-15-32(40(26)33)36(37)22-28(29)20-34(35)25-10-4-3-5-11-25/h3-24,36-37H,1-2H3. The van der Waals surface area contributed by atoms with E-state index < -0.39 is 0 Å². The van der Waals surface area contributed by atoms with Gasteiger partial charge in [0.25, 0.3) is 0 Å². The van der Waals surface area contributed by atoms with Crippen molar-refractivity contribution in [1.82, 2.24) is 0 Å². The van der Waals surface area contributed by atoms with E-state index >= 15 is 0 Å². The summed E-state index contributed by atoms with van der Waals surface area (Å²) in [5, 5.41) is 5.49. The Morgan fingerprint density at radius 2 is 1.07 bits per heavy atom. The molecule has 0 N–H and O–H groups in total. The molecule has 0 saturated heterocycles. The van der Waals surface area contributed by atoms with Gasteiger partial charge in [-0.15, -0.1) is 0 Å². The Bertz CT molecular complexity index is 2170. The molecule has 0 bridgehead atoms. The minimum Gasteiger partial charge on any atom is -0.0682 e. The van der Waals surface area contributed by atoms with Crippen molar-refractivity contribution >= 4 is 22.9 Å². The maximum absolute atomic E-state index is 2.54. The Balaban J connectivity index is 1.29. The van der Waals surface area contributed by atoms with Crippen LogP contribution < -0.4 is 10.4 Å². The lowest BCUT2D eigenvalue weighted by Crippen LogP contribution is -2.31. The van der Waals surface area contributed by atoms with Crippen LogP contribution in [0.15, 0.2) is 121 Å². The molecule has 0 heterocycles. The molecule has 0 radical (unpaired) electrons. The van der Waals surface area contributed by atoms with Crippen LogP contribution in [-0.4, -0.2) is 0 Å². The summed E-state index contributed by atoms with van der Waals surface area (Å²) in [6.45, 7) is 4.74. The van der Waals surface area contributed by atoms with Gasteiger partial charge in [-0.2, -0.15) is 0 Å². The number of benzene rings is 6. The second kappa shape index (κ2) is 8.18. The second-order valence-corrected chi connectivity index (χ2v) is 12.5. The molecule has 0 aromatic heterocycles. The molecule has 0 saturated carbocycles. The van der Waals surface area contributed by atoms with Crippen LogP contribution in [0.3, 0.4) is 0 Å². The number of hydrogen-bond acceptors (Lipinski definition) is 0. The maximum atomic E-state index is 2.54. The second-order valence-electron chi connectivity index (χ2n) is 12.5. The molecule has 194 valence electrons. The molecule has 2 unspecified atom stereocenters. The van der Waals surface area contributed by atoms with Crippen LogP contribution in [0.1, 0.15) is 47.9 Å². The van der Waals surface area contributed by atoms with Gasteiger partial charge in [0.1, 0.15) is 0 Å². The Labute approximate surface area is 240 Å². The van der Waals surface area contributed by atoms with Crippen LogP contribution in [0.25, 0.3) is 56.3 Å². The van der Waals surface area contributed by atoms with E-state index in [1.165, 1.54) is 76.8 Å². The zero-order valence-electron chi connectivity index (χ0n) is 23.4. The third-order valence-corrected chi connectivity index (χ3v) is 9.99. The topological polar surface area (TPSA) is 0 Å². The largest absolute Gasteiger partial charge is 0.0682 e. The van der Waals surface area contributed by atoms with Crippen molar-refractivity contribution in [1.29, 1.82) is 0 Å². The van der Waals surface area contributed by atoms with Crippen LogP contribution in [0, 0.1) is 0 Å². The van der Waals surface area contributed by atoms with Crippen LogP contribution in [0.5, 0.6) is 0 Å². The van der Waals surface area contributed by atoms with Crippen molar-refractivity contribution in [3.63, 3.8) is 0 Å². The molecule has 0 fully saturated rings. The molecule has 2 atom stereocenters. The highest BCUT2D eigenvalue weighted by Gasteiger charge is 2.36. The fraction of sp³-hybridized carbons (Fsp3) is 0.122. The first kappa shape index (κ1) is 23.1. The van der Waals surface area contributed by atoms with Crippen molar-refractivity contribution in [2.45, 2.75) is 31.1 Å². The zero-order valence-corrected chi connectivity index (χ0v) is 23.4. The van der Waals surface area contributed by atoms with Gasteiger partial charge in [0.05, 0.1) is 0 Å². The average Bonchev–Trinajstić information content (AvgIpc) is 3.45. The van der Waals surface area contributed by atoms with Crippen molar-refractivity contribution in [3.8, 4) is 33.4 Å². The normalized spacial score (nSPS) is 18.6. The van der Waals surface area contributed by atoms with Gasteiger partial charge < -0.3 is 0 Å². The summed E-state index contributed by atoms with van der Waals surface area (Å²) in [6, 6.07) is 45.5. The van der Waals surface area contributed by atoms with E-state index in [1.54, 1.807) is 0 Å². The highest BCUT2D eigenvalue weighted by Crippen LogP contribution is 2.51. The smallest absolute Gasteiger partial charge is 0.0159 e. The molecule has 0 amide bonds. The first-order chi connectivity index (χ1) is 20.1. The summed E-state index contributed by atoms with van der Waals surface area (Å²) in [5.74, 6) is 0.768. The third-order valence-electron chi connectivity index (χ3n) is 9.99.